The zero-order valence-corrected chi connectivity index (χ0v) is 12.0. The molecule has 3 atom stereocenters. The van der Waals surface area contributed by atoms with Crippen LogP contribution in [0.15, 0.2) is 22.2 Å². The highest BCUT2D eigenvalue weighted by Gasteiger charge is 2.43. The number of rotatable bonds is 8. The van der Waals surface area contributed by atoms with Gasteiger partial charge in [0, 0.05) is 25.3 Å². The fourth-order valence-electron chi connectivity index (χ4n) is 1.78. The van der Waals surface area contributed by atoms with Crippen molar-refractivity contribution in [2.75, 3.05) is 32.6 Å². The summed E-state index contributed by atoms with van der Waals surface area (Å²) in [4.78, 5) is 17.8. The van der Waals surface area contributed by atoms with Crippen molar-refractivity contribution in [2.45, 2.75) is 18.0 Å². The van der Waals surface area contributed by atoms with Crippen LogP contribution in [0.25, 0.3) is 10.4 Å². The van der Waals surface area contributed by atoms with E-state index in [-0.39, 0.29) is 5.82 Å². The van der Waals surface area contributed by atoms with Gasteiger partial charge in [0.1, 0.15) is 17.5 Å². The number of hydrogen-bond donors (Lipinski definition) is 3. The summed E-state index contributed by atoms with van der Waals surface area (Å²) in [5.41, 5.74) is 5.51. The van der Waals surface area contributed by atoms with E-state index in [9.17, 15) is 19.4 Å². The van der Waals surface area contributed by atoms with Crippen LogP contribution >= 0.6 is 0 Å². The first-order valence-electron chi connectivity index (χ1n) is 6.21. The zero-order chi connectivity index (χ0) is 16.8. The highest BCUT2D eigenvalue weighted by Crippen LogP contribution is 2.26. The molecule has 1 aromatic heterocycles. The number of azide groups is 1. The third-order valence-electron chi connectivity index (χ3n) is 3.23. The minimum Gasteiger partial charge on any atom is -0.393 e. The smallest absolute Gasteiger partial charge is 0.351 e. The summed E-state index contributed by atoms with van der Waals surface area (Å²) in [6, 6.07) is 1.33. The van der Waals surface area contributed by atoms with Crippen LogP contribution in [0.1, 0.15) is 6.30 Å². The maximum Gasteiger partial charge on any atom is 0.351 e. The number of anilines is 1. The molecule has 0 aliphatic heterocycles. The lowest BCUT2D eigenvalue weighted by Gasteiger charge is -2.35. The van der Waals surface area contributed by atoms with Crippen molar-refractivity contribution in [1.29, 1.82) is 0 Å². The summed E-state index contributed by atoms with van der Waals surface area (Å²) >= 11 is 0. The van der Waals surface area contributed by atoms with E-state index >= 15 is 0 Å². The topological polar surface area (TPSA) is 145 Å². The second-order valence-electron chi connectivity index (χ2n) is 4.39. The van der Waals surface area contributed by atoms with Gasteiger partial charge in [-0.05, 0) is 11.6 Å². The fourth-order valence-corrected chi connectivity index (χ4v) is 1.78. The first kappa shape index (κ1) is 17.9. The Labute approximate surface area is 124 Å². The molecule has 0 fully saturated rings. The summed E-state index contributed by atoms with van der Waals surface area (Å²) in [5, 5.41) is 25.3. The molecule has 22 heavy (non-hydrogen) atoms. The zero-order valence-electron chi connectivity index (χ0n) is 12.0. The van der Waals surface area contributed by atoms with E-state index in [1.54, 1.807) is 0 Å². The molecule has 0 unspecified atom stereocenters. The molecule has 1 rings (SSSR count). The summed E-state index contributed by atoms with van der Waals surface area (Å²) < 4.78 is 19.9. The van der Waals surface area contributed by atoms with Gasteiger partial charge in [-0.15, -0.1) is 0 Å². The molecule has 1 aromatic rings. The van der Waals surface area contributed by atoms with Gasteiger partial charge in [0.05, 0.1) is 13.2 Å². The van der Waals surface area contributed by atoms with E-state index in [1.165, 1.54) is 13.1 Å². The highest BCUT2D eigenvalue weighted by atomic mass is 19.1. The van der Waals surface area contributed by atoms with Gasteiger partial charge in [0.15, 0.2) is 0 Å². The van der Waals surface area contributed by atoms with Crippen molar-refractivity contribution >= 4 is 5.82 Å². The maximum absolute atomic E-state index is 14.4. The molecule has 0 saturated heterocycles. The summed E-state index contributed by atoms with van der Waals surface area (Å²) in [6.45, 7) is -1.34. The van der Waals surface area contributed by atoms with Crippen LogP contribution in [0.4, 0.5) is 10.2 Å². The van der Waals surface area contributed by atoms with Gasteiger partial charge < -0.3 is 20.3 Å². The number of halogens is 1. The van der Waals surface area contributed by atoms with Crippen LogP contribution in [-0.4, -0.2) is 58.8 Å². The largest absolute Gasteiger partial charge is 0.393 e. The molecule has 0 bridgehead atoms. The Balaban J connectivity index is 3.15. The molecule has 0 aliphatic rings. The number of ether oxygens (including phenoxy) is 1. The number of aromatic nitrogens is 2. The van der Waals surface area contributed by atoms with Crippen molar-refractivity contribution in [3.8, 4) is 0 Å². The molecular weight excluding hydrogens is 299 g/mol. The van der Waals surface area contributed by atoms with E-state index in [4.69, 9.17) is 10.3 Å². The monoisotopic (exact) mass is 316 g/mol. The van der Waals surface area contributed by atoms with Crippen LogP contribution in [0.3, 0.4) is 0 Å². The normalized spacial score (nSPS) is 16.2. The summed E-state index contributed by atoms with van der Waals surface area (Å²) in [5.74, 6) is 0.234. The van der Waals surface area contributed by atoms with Crippen LogP contribution in [-0.2, 0) is 4.74 Å². The van der Waals surface area contributed by atoms with Crippen molar-refractivity contribution in [3.05, 3.63) is 33.2 Å². The predicted molar refractivity (Wildman–Crippen MR) is 75.0 cm³/mol. The molecule has 0 spiro atoms. The molecule has 0 aliphatic carbocycles. The lowest BCUT2D eigenvalue weighted by atomic mass is 9.96. The molecule has 0 radical (unpaired) electrons. The first-order chi connectivity index (χ1) is 10.5. The third kappa shape index (κ3) is 3.52. The summed E-state index contributed by atoms with van der Waals surface area (Å²) in [7, 11) is 2.65. The number of alkyl halides is 1. The highest BCUT2D eigenvalue weighted by molar-refractivity contribution is 5.30. The molecule has 122 valence electrons. The van der Waals surface area contributed by atoms with Crippen molar-refractivity contribution in [2.24, 2.45) is 5.11 Å². The van der Waals surface area contributed by atoms with Crippen LogP contribution in [0.5, 0.6) is 0 Å². The molecular formula is C11H17FN6O4. The molecule has 3 N–H and O–H groups in total. The van der Waals surface area contributed by atoms with Gasteiger partial charge in [-0.3, -0.25) is 4.57 Å². The Morgan fingerprint density at radius 1 is 1.73 bits per heavy atom. The van der Waals surface area contributed by atoms with Gasteiger partial charge in [-0.1, -0.05) is 5.11 Å². The molecule has 11 heteroatoms. The number of aliphatic hydroxyl groups is 2. The minimum atomic E-state index is -2.26. The van der Waals surface area contributed by atoms with E-state index in [0.29, 0.717) is 4.57 Å². The Kier molecular flexibility index (Phi) is 6.25. The average Bonchev–Trinajstić information content (AvgIpc) is 2.55. The van der Waals surface area contributed by atoms with Crippen LogP contribution < -0.4 is 11.0 Å². The number of nitrogens with zero attached hydrogens (tertiary/aromatic N) is 5. The van der Waals surface area contributed by atoms with Crippen LogP contribution in [0, 0.1) is 0 Å². The lowest BCUT2D eigenvalue weighted by Crippen LogP contribution is -2.54. The fraction of sp³-hybridized carbons (Fsp3) is 0.636. The van der Waals surface area contributed by atoms with E-state index in [0.717, 1.165) is 13.3 Å². The van der Waals surface area contributed by atoms with E-state index < -0.39 is 36.8 Å². The maximum atomic E-state index is 14.4. The molecule has 0 amide bonds. The predicted octanol–water partition coefficient (Wildman–Crippen LogP) is -0.198. The second kappa shape index (κ2) is 7.71. The first-order valence-corrected chi connectivity index (χ1v) is 6.21. The third-order valence-corrected chi connectivity index (χ3v) is 3.23. The van der Waals surface area contributed by atoms with Crippen molar-refractivity contribution in [3.63, 3.8) is 0 Å². The molecule has 0 saturated carbocycles. The number of hydrogen-bond acceptors (Lipinski definition) is 7. The average molecular weight is 316 g/mol. The molecule has 0 aromatic carbocycles. The van der Waals surface area contributed by atoms with Gasteiger partial charge >= 0.3 is 5.69 Å². The van der Waals surface area contributed by atoms with Gasteiger partial charge in [-0.25, -0.2) is 9.18 Å². The van der Waals surface area contributed by atoms with E-state index in [2.05, 4.69) is 20.3 Å². The summed E-state index contributed by atoms with van der Waals surface area (Å²) in [6.07, 6.45) is -3.12. The second-order valence-corrected chi connectivity index (χ2v) is 4.39. The SMILES string of the molecule is CNc1ccn([C@H](F)[C@H](O)[C@](CO)(CN=[N+]=[N-])OC)c(=O)n1. The number of nitrogens with one attached hydrogen (secondary N) is 1. The molecule has 1 heterocycles. The molecule has 10 nitrogen and oxygen atoms in total. The van der Waals surface area contributed by atoms with Gasteiger partial charge in [0.25, 0.3) is 0 Å². The lowest BCUT2D eigenvalue weighted by molar-refractivity contribution is -0.158. The quantitative estimate of drug-likeness (QED) is 0.344. The van der Waals surface area contributed by atoms with Gasteiger partial charge in [0.2, 0.25) is 6.30 Å². The number of aliphatic hydroxyl groups excluding tert-OH is 2. The van der Waals surface area contributed by atoms with Crippen LogP contribution in [0.2, 0.25) is 0 Å². The van der Waals surface area contributed by atoms with E-state index in [1.807, 2.05) is 0 Å². The minimum absolute atomic E-state index is 0.234. The van der Waals surface area contributed by atoms with Crippen molar-refractivity contribution < 1.29 is 19.3 Å². The standard InChI is InChI=1S/C11H17FN6O4/c1-14-7-3-4-18(10(21)16-7)9(12)8(20)11(6-19,22-2)5-15-17-13/h3-4,8-9,19-20H,5-6H2,1-2H3,(H,14,16,21)/t8-,9-,11+/m0/s1. The number of methoxy groups -OCH3 is 1. The van der Waals surface area contributed by atoms with Gasteiger partial charge in [-0.2, -0.15) is 4.98 Å². The van der Waals surface area contributed by atoms with Crippen molar-refractivity contribution in [1.82, 2.24) is 9.55 Å². The Hall–Kier alpha value is -2.20. The Morgan fingerprint density at radius 2 is 2.41 bits per heavy atom. The Bertz CT molecular complexity index is 598. The Morgan fingerprint density at radius 3 is 2.86 bits per heavy atom.